The van der Waals surface area contributed by atoms with Gasteiger partial charge >= 0.3 is 18.1 Å². The first-order valence-electron chi connectivity index (χ1n) is 6.88. The number of terminal acetylenes is 1. The van der Waals surface area contributed by atoms with E-state index in [2.05, 4.69) is 25.9 Å². The fourth-order valence-electron chi connectivity index (χ4n) is 1.80. The third kappa shape index (κ3) is 4.71. The van der Waals surface area contributed by atoms with E-state index in [4.69, 9.17) is 11.3 Å². The van der Waals surface area contributed by atoms with Crippen molar-refractivity contribution in [1.29, 1.82) is 0 Å². The molecule has 1 N–H and O–H groups in total. The number of amides is 2. The zero-order chi connectivity index (χ0) is 18.4. The zero-order valence-electron chi connectivity index (χ0n) is 13.0. The summed E-state index contributed by atoms with van der Waals surface area (Å²) < 4.78 is 41.5. The third-order valence-corrected chi connectivity index (χ3v) is 3.01. The van der Waals surface area contributed by atoms with Gasteiger partial charge in [0.1, 0.15) is 6.54 Å². The van der Waals surface area contributed by atoms with Crippen LogP contribution in [0.1, 0.15) is 11.5 Å². The summed E-state index contributed by atoms with van der Waals surface area (Å²) in [5.41, 5.74) is 1.05. The number of aromatic nitrogens is 2. The quantitative estimate of drug-likeness (QED) is 0.659. The molecule has 0 fully saturated rings. The molecule has 0 unspecified atom stereocenters. The van der Waals surface area contributed by atoms with E-state index < -0.39 is 18.1 Å². The smallest absolute Gasteiger partial charge is 0.332 e. The molecular formula is C15H13F3N4O3. The standard InChI is InChI=1S/C15H13F3N4O3/c1-3-8-22(24-2)14(23)19-9-10-4-6-11(7-5-10)12-20-13(25-21-12)15(16,17)18/h1,4-7H,8-9H2,2H3,(H,19,23). The van der Waals surface area contributed by atoms with Crippen LogP contribution in [0, 0.1) is 12.3 Å². The van der Waals surface area contributed by atoms with Gasteiger partial charge in [-0.25, -0.2) is 4.79 Å². The van der Waals surface area contributed by atoms with Gasteiger partial charge in [0.25, 0.3) is 0 Å². The van der Waals surface area contributed by atoms with Crippen molar-refractivity contribution in [3.8, 4) is 23.7 Å². The monoisotopic (exact) mass is 354 g/mol. The average Bonchev–Trinajstić information content (AvgIpc) is 3.08. The van der Waals surface area contributed by atoms with Crippen LogP contribution in [-0.4, -0.2) is 34.9 Å². The normalized spacial score (nSPS) is 11.0. The Kier molecular flexibility index (Phi) is 5.61. The highest BCUT2D eigenvalue weighted by atomic mass is 19.4. The van der Waals surface area contributed by atoms with Gasteiger partial charge in [0.05, 0.1) is 7.11 Å². The SMILES string of the molecule is C#CCN(OC)C(=O)NCc1ccc(-c2noc(C(F)(F)F)n2)cc1. The summed E-state index contributed by atoms with van der Waals surface area (Å²) in [5.74, 6) is 0.685. The lowest BCUT2D eigenvalue weighted by molar-refractivity contribution is -0.159. The van der Waals surface area contributed by atoms with Gasteiger partial charge in [-0.05, 0) is 5.56 Å². The van der Waals surface area contributed by atoms with E-state index in [-0.39, 0.29) is 18.9 Å². The highest BCUT2D eigenvalue weighted by Gasteiger charge is 2.38. The molecule has 0 aliphatic rings. The molecule has 0 saturated carbocycles. The number of carbonyl (C=O) groups excluding carboxylic acids is 1. The van der Waals surface area contributed by atoms with Crippen LogP contribution in [0.15, 0.2) is 28.8 Å². The Balaban J connectivity index is 1.99. The van der Waals surface area contributed by atoms with Crippen LogP contribution in [0.2, 0.25) is 0 Å². The fourth-order valence-corrected chi connectivity index (χ4v) is 1.80. The molecule has 0 aliphatic carbocycles. The van der Waals surface area contributed by atoms with E-state index in [1.54, 1.807) is 12.1 Å². The van der Waals surface area contributed by atoms with Crippen molar-refractivity contribution in [3.05, 3.63) is 35.7 Å². The summed E-state index contributed by atoms with van der Waals surface area (Å²) in [6.45, 7) is 0.157. The van der Waals surface area contributed by atoms with Gasteiger partial charge in [-0.1, -0.05) is 35.3 Å². The van der Waals surface area contributed by atoms with Gasteiger partial charge in [-0.2, -0.15) is 23.2 Å². The molecule has 1 aromatic carbocycles. The molecule has 132 valence electrons. The molecule has 2 amide bonds. The van der Waals surface area contributed by atoms with Gasteiger partial charge in [-0.15, -0.1) is 6.42 Å². The van der Waals surface area contributed by atoms with Gasteiger partial charge < -0.3 is 9.84 Å². The van der Waals surface area contributed by atoms with Crippen molar-refractivity contribution < 1.29 is 27.3 Å². The molecule has 10 heteroatoms. The number of alkyl halides is 3. The Labute approximate surface area is 140 Å². The summed E-state index contributed by atoms with van der Waals surface area (Å²) >= 11 is 0. The number of hydrogen-bond acceptors (Lipinski definition) is 5. The van der Waals surface area contributed by atoms with E-state index >= 15 is 0 Å². The third-order valence-electron chi connectivity index (χ3n) is 3.01. The minimum absolute atomic E-state index is 0.0133. The highest BCUT2D eigenvalue weighted by Crippen LogP contribution is 2.29. The molecule has 7 nitrogen and oxygen atoms in total. The Morgan fingerprint density at radius 1 is 1.40 bits per heavy atom. The molecule has 0 radical (unpaired) electrons. The summed E-state index contributed by atoms with van der Waals surface area (Å²) in [7, 11) is 1.31. The lowest BCUT2D eigenvalue weighted by atomic mass is 10.1. The number of hydrogen-bond donors (Lipinski definition) is 1. The molecule has 0 spiro atoms. The Bertz CT molecular complexity index is 766. The largest absolute Gasteiger partial charge is 0.471 e. The zero-order valence-corrected chi connectivity index (χ0v) is 13.0. The number of benzene rings is 1. The Hall–Kier alpha value is -3.06. The van der Waals surface area contributed by atoms with Crippen LogP contribution in [-0.2, 0) is 17.6 Å². The number of nitrogens with zero attached hydrogens (tertiary/aromatic N) is 3. The summed E-state index contributed by atoms with van der Waals surface area (Å²) in [6, 6.07) is 5.73. The second kappa shape index (κ2) is 7.67. The van der Waals surface area contributed by atoms with Crippen molar-refractivity contribution in [3.63, 3.8) is 0 Å². The number of hydroxylamine groups is 2. The fraction of sp³-hybridized carbons (Fsp3) is 0.267. The number of rotatable bonds is 5. The summed E-state index contributed by atoms with van der Waals surface area (Å²) in [5, 5.41) is 6.84. The highest BCUT2D eigenvalue weighted by molar-refractivity contribution is 5.73. The van der Waals surface area contributed by atoms with Crippen molar-refractivity contribution in [2.24, 2.45) is 0 Å². The Morgan fingerprint density at radius 3 is 2.60 bits per heavy atom. The van der Waals surface area contributed by atoms with E-state index in [0.717, 1.165) is 5.06 Å². The molecular weight excluding hydrogens is 341 g/mol. The maximum atomic E-state index is 12.4. The van der Waals surface area contributed by atoms with E-state index in [1.807, 2.05) is 0 Å². The first kappa shape index (κ1) is 18.3. The van der Waals surface area contributed by atoms with Crippen LogP contribution in [0.25, 0.3) is 11.4 Å². The topological polar surface area (TPSA) is 80.5 Å². The number of carbonyl (C=O) groups is 1. The molecule has 0 bridgehead atoms. The van der Waals surface area contributed by atoms with Crippen LogP contribution >= 0.6 is 0 Å². The predicted molar refractivity (Wildman–Crippen MR) is 79.5 cm³/mol. The van der Waals surface area contributed by atoms with Crippen LogP contribution in [0.4, 0.5) is 18.0 Å². The van der Waals surface area contributed by atoms with Crippen LogP contribution in [0.5, 0.6) is 0 Å². The molecule has 0 atom stereocenters. The molecule has 1 heterocycles. The molecule has 1 aromatic heterocycles. The van der Waals surface area contributed by atoms with Crippen molar-refractivity contribution in [1.82, 2.24) is 20.5 Å². The summed E-state index contributed by atoms with van der Waals surface area (Å²) in [4.78, 5) is 19.9. The van der Waals surface area contributed by atoms with E-state index in [1.165, 1.54) is 19.2 Å². The first-order chi connectivity index (χ1) is 11.8. The second-order valence-electron chi connectivity index (χ2n) is 4.70. The van der Waals surface area contributed by atoms with Gasteiger partial charge in [0.15, 0.2) is 0 Å². The van der Waals surface area contributed by atoms with Gasteiger partial charge in [-0.3, -0.25) is 4.84 Å². The maximum absolute atomic E-state index is 12.4. The van der Waals surface area contributed by atoms with Crippen molar-refractivity contribution in [2.45, 2.75) is 12.7 Å². The van der Waals surface area contributed by atoms with Crippen LogP contribution in [0.3, 0.4) is 0 Å². The average molecular weight is 354 g/mol. The van der Waals surface area contributed by atoms with E-state index in [9.17, 15) is 18.0 Å². The number of urea groups is 1. The van der Waals surface area contributed by atoms with Crippen molar-refractivity contribution >= 4 is 6.03 Å². The first-order valence-corrected chi connectivity index (χ1v) is 6.88. The Morgan fingerprint density at radius 2 is 2.08 bits per heavy atom. The predicted octanol–water partition coefficient (Wildman–Crippen LogP) is 2.46. The minimum atomic E-state index is -4.69. The maximum Gasteiger partial charge on any atom is 0.471 e. The molecule has 0 aliphatic heterocycles. The van der Waals surface area contributed by atoms with Gasteiger partial charge in [0.2, 0.25) is 5.82 Å². The van der Waals surface area contributed by atoms with Crippen molar-refractivity contribution in [2.75, 3.05) is 13.7 Å². The van der Waals surface area contributed by atoms with E-state index in [0.29, 0.717) is 11.1 Å². The lowest BCUT2D eigenvalue weighted by Crippen LogP contribution is -2.39. The number of nitrogens with one attached hydrogen (secondary N) is 1. The van der Waals surface area contributed by atoms with Gasteiger partial charge in [0, 0.05) is 12.1 Å². The second-order valence-corrected chi connectivity index (χ2v) is 4.70. The number of halogens is 3. The molecule has 2 aromatic rings. The molecule has 0 saturated heterocycles. The molecule has 25 heavy (non-hydrogen) atoms. The molecule has 2 rings (SSSR count). The van der Waals surface area contributed by atoms with Crippen LogP contribution < -0.4 is 5.32 Å². The minimum Gasteiger partial charge on any atom is -0.332 e. The summed E-state index contributed by atoms with van der Waals surface area (Å²) in [6.07, 6.45) is 0.416. The lowest BCUT2D eigenvalue weighted by Gasteiger charge is -2.17.